The van der Waals surface area contributed by atoms with Crippen LogP contribution in [0.25, 0.3) is 0 Å². The molecule has 0 radical (unpaired) electrons. The van der Waals surface area contributed by atoms with Crippen LogP contribution in [0.1, 0.15) is 24.9 Å². The molecule has 4 rings (SSSR count). The van der Waals surface area contributed by atoms with E-state index >= 15 is 0 Å². The molecule has 2 atom stereocenters. The van der Waals surface area contributed by atoms with Gasteiger partial charge >= 0.3 is 0 Å². The van der Waals surface area contributed by atoms with Crippen molar-refractivity contribution in [1.29, 1.82) is 0 Å². The van der Waals surface area contributed by atoms with E-state index in [1.807, 2.05) is 29.8 Å². The lowest BCUT2D eigenvalue weighted by Gasteiger charge is -2.43. The van der Waals surface area contributed by atoms with Gasteiger partial charge in [0, 0.05) is 12.0 Å². The Hall–Kier alpha value is -2.11. The van der Waals surface area contributed by atoms with Gasteiger partial charge in [0.1, 0.15) is 5.75 Å². The summed E-state index contributed by atoms with van der Waals surface area (Å²) >= 11 is 0. The van der Waals surface area contributed by atoms with Gasteiger partial charge in [-0.15, -0.1) is 0 Å². The third-order valence-electron chi connectivity index (χ3n) is 3.36. The van der Waals surface area contributed by atoms with Crippen LogP contribution in [0.4, 0.5) is 5.95 Å². The van der Waals surface area contributed by atoms with Crippen molar-refractivity contribution in [3.8, 4) is 5.75 Å². The van der Waals surface area contributed by atoms with Crippen molar-refractivity contribution in [2.75, 3.05) is 5.32 Å². The van der Waals surface area contributed by atoms with E-state index in [-0.39, 0.29) is 6.04 Å². The van der Waals surface area contributed by atoms with Crippen LogP contribution in [0.3, 0.4) is 0 Å². The molecule has 0 spiro atoms. The summed E-state index contributed by atoms with van der Waals surface area (Å²) in [6, 6.07) is 8.18. The molecule has 0 amide bonds. The predicted molar refractivity (Wildman–Crippen MR) is 59.7 cm³/mol. The van der Waals surface area contributed by atoms with Crippen molar-refractivity contribution in [2.45, 2.75) is 25.1 Å². The first kappa shape index (κ1) is 8.98. The lowest BCUT2D eigenvalue weighted by molar-refractivity contribution is 0.0612. The van der Waals surface area contributed by atoms with E-state index in [4.69, 9.17) is 4.74 Å². The van der Waals surface area contributed by atoms with E-state index in [2.05, 4.69) is 26.9 Å². The monoisotopic (exact) mass is 229 g/mol. The van der Waals surface area contributed by atoms with Crippen molar-refractivity contribution >= 4 is 5.95 Å². The minimum Gasteiger partial charge on any atom is -0.468 e. The molecule has 0 unspecified atom stereocenters. The fourth-order valence-electron chi connectivity index (χ4n) is 2.63. The molecule has 2 aromatic rings. The van der Waals surface area contributed by atoms with Gasteiger partial charge in [-0.05, 0) is 23.4 Å². The van der Waals surface area contributed by atoms with Crippen molar-refractivity contribution in [3.05, 3.63) is 29.8 Å². The summed E-state index contributed by atoms with van der Waals surface area (Å²) in [5, 5.41) is 15.0. The maximum absolute atomic E-state index is 6.00. The summed E-state index contributed by atoms with van der Waals surface area (Å²) in [6.07, 6.45) is 0.821. The highest BCUT2D eigenvalue weighted by atomic mass is 16.5. The Labute approximate surface area is 97.6 Å². The van der Waals surface area contributed by atoms with Crippen LogP contribution in [0.5, 0.6) is 5.75 Å². The molecule has 2 bridgehead atoms. The Morgan fingerprint density at radius 2 is 2.35 bits per heavy atom. The van der Waals surface area contributed by atoms with E-state index < -0.39 is 5.72 Å². The lowest BCUT2D eigenvalue weighted by Crippen LogP contribution is -2.50. The number of nitrogens with one attached hydrogen (secondary N) is 1. The first-order valence-corrected chi connectivity index (χ1v) is 5.59. The Balaban J connectivity index is 1.97. The topological polar surface area (TPSA) is 64.9 Å². The molecule has 17 heavy (non-hydrogen) atoms. The van der Waals surface area contributed by atoms with Crippen LogP contribution in [0.15, 0.2) is 24.3 Å². The number of hydrogen-bond acceptors (Lipinski definition) is 5. The number of ether oxygens (including phenoxy) is 1. The first-order chi connectivity index (χ1) is 8.25. The SMILES string of the molecule is C[C@@]12C[C@@H](c3ccccc3O1)n1nnnc1N2. The van der Waals surface area contributed by atoms with Crippen molar-refractivity contribution in [2.24, 2.45) is 0 Å². The lowest BCUT2D eigenvalue weighted by atomic mass is 9.92. The number of anilines is 1. The molecule has 0 fully saturated rings. The molecule has 0 aliphatic carbocycles. The van der Waals surface area contributed by atoms with E-state index in [0.717, 1.165) is 17.7 Å². The van der Waals surface area contributed by atoms with Gasteiger partial charge in [-0.1, -0.05) is 23.3 Å². The minimum absolute atomic E-state index is 0.149. The number of rotatable bonds is 0. The molecule has 86 valence electrons. The standard InChI is InChI=1S/C11H11N5O/c1-11-6-8(16-10(12-11)13-14-15-16)7-4-2-3-5-9(7)17-11/h2-5,8H,6H2,1H3,(H,12,13,15)/t8-,11-/m0/s1. The number of fused-ring (bicyclic) bond motifs is 6. The molecular formula is C11H11N5O. The van der Waals surface area contributed by atoms with Gasteiger partial charge in [0.2, 0.25) is 5.95 Å². The van der Waals surface area contributed by atoms with Crippen LogP contribution >= 0.6 is 0 Å². The Kier molecular flexibility index (Phi) is 1.46. The Morgan fingerprint density at radius 3 is 3.29 bits per heavy atom. The Morgan fingerprint density at radius 1 is 1.47 bits per heavy atom. The van der Waals surface area contributed by atoms with Gasteiger partial charge in [0.15, 0.2) is 5.72 Å². The molecule has 3 heterocycles. The maximum Gasteiger partial charge on any atom is 0.246 e. The van der Waals surface area contributed by atoms with E-state index in [0.29, 0.717) is 5.95 Å². The van der Waals surface area contributed by atoms with Gasteiger partial charge in [-0.3, -0.25) is 0 Å². The van der Waals surface area contributed by atoms with Gasteiger partial charge in [0.05, 0.1) is 6.04 Å². The summed E-state index contributed by atoms with van der Waals surface area (Å²) in [7, 11) is 0. The molecule has 1 aromatic heterocycles. The molecule has 6 nitrogen and oxygen atoms in total. The zero-order chi connectivity index (χ0) is 11.5. The molecule has 1 aromatic carbocycles. The summed E-state index contributed by atoms with van der Waals surface area (Å²) < 4.78 is 7.82. The van der Waals surface area contributed by atoms with Crippen LogP contribution in [-0.4, -0.2) is 25.9 Å². The first-order valence-electron chi connectivity index (χ1n) is 5.59. The van der Waals surface area contributed by atoms with Gasteiger partial charge in [0.25, 0.3) is 0 Å². The summed E-state index contributed by atoms with van der Waals surface area (Å²) in [5.41, 5.74) is 0.712. The van der Waals surface area contributed by atoms with Crippen molar-refractivity contribution in [1.82, 2.24) is 20.2 Å². The molecule has 2 aliphatic rings. The summed E-state index contributed by atoms with van der Waals surface area (Å²) in [5.74, 6) is 1.57. The van der Waals surface area contributed by atoms with E-state index in [9.17, 15) is 0 Å². The van der Waals surface area contributed by atoms with E-state index in [1.54, 1.807) is 0 Å². The van der Waals surface area contributed by atoms with Crippen molar-refractivity contribution < 1.29 is 4.74 Å². The molecule has 6 heteroatoms. The number of nitrogens with zero attached hydrogens (tertiary/aromatic N) is 4. The van der Waals surface area contributed by atoms with Crippen LogP contribution in [-0.2, 0) is 0 Å². The van der Waals surface area contributed by atoms with Gasteiger partial charge in [-0.25, -0.2) is 4.68 Å². The second-order valence-electron chi connectivity index (χ2n) is 4.66. The largest absolute Gasteiger partial charge is 0.468 e. The molecule has 0 saturated carbocycles. The Bertz CT molecular complexity index is 595. The van der Waals surface area contributed by atoms with Gasteiger partial charge < -0.3 is 10.1 Å². The highest BCUT2D eigenvalue weighted by molar-refractivity contribution is 5.45. The molecular weight excluding hydrogens is 218 g/mol. The fraction of sp³-hybridized carbons (Fsp3) is 0.364. The highest BCUT2D eigenvalue weighted by Crippen LogP contribution is 2.44. The highest BCUT2D eigenvalue weighted by Gasteiger charge is 2.44. The average Bonchev–Trinajstić information content (AvgIpc) is 2.75. The third-order valence-corrected chi connectivity index (χ3v) is 3.36. The number of benzene rings is 1. The van der Waals surface area contributed by atoms with Crippen molar-refractivity contribution in [3.63, 3.8) is 0 Å². The second kappa shape index (κ2) is 2.77. The number of para-hydroxylation sites is 1. The molecule has 1 N–H and O–H groups in total. The normalized spacial score (nSPS) is 28.6. The maximum atomic E-state index is 6.00. The van der Waals surface area contributed by atoms with E-state index in [1.165, 1.54) is 0 Å². The zero-order valence-electron chi connectivity index (χ0n) is 9.29. The van der Waals surface area contributed by atoms with Crippen LogP contribution in [0, 0.1) is 0 Å². The summed E-state index contributed by atoms with van der Waals surface area (Å²) in [4.78, 5) is 0. The fourth-order valence-corrected chi connectivity index (χ4v) is 2.63. The molecule has 2 aliphatic heterocycles. The van der Waals surface area contributed by atoms with Crippen LogP contribution < -0.4 is 10.1 Å². The zero-order valence-corrected chi connectivity index (χ0v) is 9.29. The average molecular weight is 229 g/mol. The number of tetrazole rings is 1. The summed E-state index contributed by atoms with van der Waals surface area (Å²) in [6.45, 7) is 2.02. The molecule has 0 saturated heterocycles. The minimum atomic E-state index is -0.427. The smallest absolute Gasteiger partial charge is 0.246 e. The third kappa shape index (κ3) is 1.12. The van der Waals surface area contributed by atoms with Crippen LogP contribution in [0.2, 0.25) is 0 Å². The number of aromatic nitrogens is 4. The van der Waals surface area contributed by atoms with Gasteiger partial charge in [-0.2, -0.15) is 0 Å². The number of hydrogen-bond donors (Lipinski definition) is 1. The predicted octanol–water partition coefficient (Wildman–Crippen LogP) is 1.19. The second-order valence-corrected chi connectivity index (χ2v) is 4.66. The quantitative estimate of drug-likeness (QED) is 0.735.